The first-order valence-corrected chi connectivity index (χ1v) is 7.46. The summed E-state index contributed by atoms with van der Waals surface area (Å²) in [5.74, 6) is 0.329. The second-order valence-corrected chi connectivity index (χ2v) is 6.73. The zero-order chi connectivity index (χ0) is 15.6. The largest absolute Gasteiger partial charge is 0.342 e. The Bertz CT molecular complexity index is 632. The van der Waals surface area contributed by atoms with Crippen LogP contribution in [0.4, 0.5) is 4.39 Å². The summed E-state index contributed by atoms with van der Waals surface area (Å²) >= 11 is 11.8. The normalized spacial score (nSPS) is 11.9. The first-order chi connectivity index (χ1) is 9.76. The third-order valence-corrected chi connectivity index (χ3v) is 3.55. The van der Waals surface area contributed by atoms with Gasteiger partial charge in [0, 0.05) is 24.1 Å². The predicted octanol–water partition coefficient (Wildman–Crippen LogP) is 4.45. The Morgan fingerprint density at radius 1 is 1.24 bits per heavy atom. The number of hydrogen-bond donors (Lipinski definition) is 2. The summed E-state index contributed by atoms with van der Waals surface area (Å²) in [6.07, 6.45) is 2.41. The van der Waals surface area contributed by atoms with Gasteiger partial charge in [0.05, 0.1) is 21.9 Å². The monoisotopic (exact) mass is 329 g/mol. The van der Waals surface area contributed by atoms with Gasteiger partial charge in [-0.15, -0.1) is 0 Å². The Morgan fingerprint density at radius 3 is 2.62 bits per heavy atom. The van der Waals surface area contributed by atoms with E-state index in [1.165, 1.54) is 12.1 Å². The van der Waals surface area contributed by atoms with Crippen LogP contribution in [0.3, 0.4) is 0 Å². The lowest BCUT2D eigenvalue weighted by Crippen LogP contribution is -2.37. The minimum Gasteiger partial charge on any atom is -0.342 e. The van der Waals surface area contributed by atoms with Crippen LogP contribution in [0.15, 0.2) is 18.3 Å². The quantitative estimate of drug-likeness (QED) is 0.813. The molecule has 1 aromatic heterocycles. The van der Waals surface area contributed by atoms with E-state index in [0.29, 0.717) is 16.3 Å². The molecule has 2 N–H and O–H groups in total. The summed E-state index contributed by atoms with van der Waals surface area (Å²) in [5, 5.41) is 3.79. The summed E-state index contributed by atoms with van der Waals surface area (Å²) in [4.78, 5) is 7.45. The van der Waals surface area contributed by atoms with Crippen molar-refractivity contribution < 1.29 is 4.39 Å². The molecule has 0 spiro atoms. The first kappa shape index (κ1) is 16.3. The molecule has 1 aromatic carbocycles. The summed E-state index contributed by atoms with van der Waals surface area (Å²) in [7, 11) is 0. The van der Waals surface area contributed by atoms with Crippen LogP contribution in [0, 0.1) is 5.82 Å². The van der Waals surface area contributed by atoms with E-state index in [1.807, 2.05) is 0 Å². The van der Waals surface area contributed by atoms with E-state index >= 15 is 0 Å². The molecule has 0 bridgehead atoms. The lowest BCUT2D eigenvalue weighted by atomic mass is 10.1. The van der Waals surface area contributed by atoms with Crippen LogP contribution in [0.5, 0.6) is 0 Å². The zero-order valence-electron chi connectivity index (χ0n) is 12.2. The molecule has 0 saturated carbocycles. The SMILES string of the molecule is CC(C)(C)NCCc1ncc(-c2cc(F)c(Cl)cc2Cl)[nH]1. The number of imidazole rings is 1. The van der Waals surface area contributed by atoms with Gasteiger partial charge >= 0.3 is 0 Å². The van der Waals surface area contributed by atoms with Gasteiger partial charge in [0.2, 0.25) is 0 Å². The molecule has 114 valence electrons. The van der Waals surface area contributed by atoms with Gasteiger partial charge in [-0.2, -0.15) is 0 Å². The summed E-state index contributed by atoms with van der Waals surface area (Å²) < 4.78 is 13.6. The van der Waals surface area contributed by atoms with Crippen molar-refractivity contribution in [1.29, 1.82) is 0 Å². The Hall–Kier alpha value is -1.10. The highest BCUT2D eigenvalue weighted by atomic mass is 35.5. The van der Waals surface area contributed by atoms with E-state index in [-0.39, 0.29) is 10.6 Å². The Kier molecular flexibility index (Phi) is 4.91. The third-order valence-electron chi connectivity index (χ3n) is 2.95. The van der Waals surface area contributed by atoms with Gasteiger partial charge in [-0.3, -0.25) is 0 Å². The lowest BCUT2D eigenvalue weighted by Gasteiger charge is -2.19. The second-order valence-electron chi connectivity index (χ2n) is 5.92. The summed E-state index contributed by atoms with van der Waals surface area (Å²) in [5.41, 5.74) is 1.31. The van der Waals surface area contributed by atoms with E-state index in [4.69, 9.17) is 23.2 Å². The number of hydrogen-bond acceptors (Lipinski definition) is 2. The number of nitrogens with zero attached hydrogens (tertiary/aromatic N) is 1. The molecule has 0 radical (unpaired) electrons. The number of benzene rings is 1. The Balaban J connectivity index is 2.11. The van der Waals surface area contributed by atoms with E-state index in [0.717, 1.165) is 18.8 Å². The standard InChI is InChI=1S/C15H18Cl2FN3/c1-15(2,3)20-5-4-14-19-8-13(21-14)9-6-12(18)11(17)7-10(9)16/h6-8,20H,4-5H2,1-3H3,(H,19,21). The average Bonchev–Trinajstić information content (AvgIpc) is 2.81. The molecule has 2 aromatic rings. The molecule has 0 aliphatic heterocycles. The second kappa shape index (κ2) is 6.34. The average molecular weight is 330 g/mol. The van der Waals surface area contributed by atoms with Gasteiger partial charge in [0.1, 0.15) is 11.6 Å². The van der Waals surface area contributed by atoms with Crippen molar-refractivity contribution in [2.45, 2.75) is 32.7 Å². The maximum Gasteiger partial charge on any atom is 0.142 e. The Labute approximate surface area is 133 Å². The van der Waals surface area contributed by atoms with Crippen LogP contribution in [0.25, 0.3) is 11.3 Å². The highest BCUT2D eigenvalue weighted by Crippen LogP contribution is 2.31. The van der Waals surface area contributed by atoms with Gasteiger partial charge in [-0.25, -0.2) is 9.37 Å². The molecule has 6 heteroatoms. The fourth-order valence-electron chi connectivity index (χ4n) is 1.91. The summed E-state index contributed by atoms with van der Waals surface area (Å²) in [6, 6.07) is 2.71. The molecule has 2 rings (SSSR count). The van der Waals surface area contributed by atoms with Crippen LogP contribution in [-0.2, 0) is 6.42 Å². The van der Waals surface area contributed by atoms with Gasteiger partial charge in [-0.05, 0) is 32.9 Å². The van der Waals surface area contributed by atoms with E-state index < -0.39 is 5.82 Å². The molecule has 21 heavy (non-hydrogen) atoms. The third kappa shape index (κ3) is 4.43. The number of nitrogens with one attached hydrogen (secondary N) is 2. The fourth-order valence-corrected chi connectivity index (χ4v) is 2.40. The van der Waals surface area contributed by atoms with Crippen LogP contribution in [0.1, 0.15) is 26.6 Å². The molecular formula is C15H18Cl2FN3. The number of aromatic nitrogens is 2. The van der Waals surface area contributed by atoms with Gasteiger partial charge in [-0.1, -0.05) is 23.2 Å². The highest BCUT2D eigenvalue weighted by Gasteiger charge is 2.12. The van der Waals surface area contributed by atoms with Crippen LogP contribution in [0.2, 0.25) is 10.0 Å². The molecular weight excluding hydrogens is 312 g/mol. The predicted molar refractivity (Wildman–Crippen MR) is 85.5 cm³/mol. The minimum atomic E-state index is -0.499. The topological polar surface area (TPSA) is 40.7 Å². The summed E-state index contributed by atoms with van der Waals surface area (Å²) in [6.45, 7) is 7.13. The fraction of sp³-hybridized carbons (Fsp3) is 0.400. The van der Waals surface area contributed by atoms with Crippen molar-refractivity contribution in [3.63, 3.8) is 0 Å². The molecule has 0 fully saturated rings. The number of H-pyrrole nitrogens is 1. The zero-order valence-corrected chi connectivity index (χ0v) is 13.7. The van der Waals surface area contributed by atoms with Crippen molar-refractivity contribution in [3.05, 3.63) is 40.0 Å². The van der Waals surface area contributed by atoms with Crippen LogP contribution >= 0.6 is 23.2 Å². The number of aromatic amines is 1. The van der Waals surface area contributed by atoms with E-state index in [9.17, 15) is 4.39 Å². The molecule has 0 unspecified atom stereocenters. The Morgan fingerprint density at radius 2 is 1.95 bits per heavy atom. The van der Waals surface area contributed by atoms with Gasteiger partial charge < -0.3 is 10.3 Å². The molecule has 0 aliphatic rings. The van der Waals surface area contributed by atoms with Gasteiger partial charge in [0.25, 0.3) is 0 Å². The van der Waals surface area contributed by atoms with Gasteiger partial charge in [0.15, 0.2) is 0 Å². The minimum absolute atomic E-state index is 0.0119. The first-order valence-electron chi connectivity index (χ1n) is 6.70. The van der Waals surface area contributed by atoms with E-state index in [2.05, 4.69) is 36.1 Å². The molecule has 0 amide bonds. The van der Waals surface area contributed by atoms with Crippen molar-refractivity contribution in [1.82, 2.24) is 15.3 Å². The van der Waals surface area contributed by atoms with Crippen LogP contribution in [-0.4, -0.2) is 22.1 Å². The molecule has 0 aliphatic carbocycles. The smallest absolute Gasteiger partial charge is 0.142 e. The molecule has 0 atom stereocenters. The van der Waals surface area contributed by atoms with Crippen molar-refractivity contribution >= 4 is 23.2 Å². The maximum absolute atomic E-state index is 13.6. The van der Waals surface area contributed by atoms with Crippen molar-refractivity contribution in [2.75, 3.05) is 6.54 Å². The number of halogens is 3. The number of rotatable bonds is 4. The molecule has 1 heterocycles. The lowest BCUT2D eigenvalue weighted by molar-refractivity contribution is 0.427. The van der Waals surface area contributed by atoms with Crippen LogP contribution < -0.4 is 5.32 Å². The van der Waals surface area contributed by atoms with E-state index in [1.54, 1.807) is 6.20 Å². The maximum atomic E-state index is 13.6. The van der Waals surface area contributed by atoms with Crippen molar-refractivity contribution in [3.8, 4) is 11.3 Å². The highest BCUT2D eigenvalue weighted by molar-refractivity contribution is 6.36. The van der Waals surface area contributed by atoms with Crippen molar-refractivity contribution in [2.24, 2.45) is 0 Å². The molecule has 3 nitrogen and oxygen atoms in total. The molecule has 0 saturated heterocycles.